The Hall–Kier alpha value is -1.35. The molecular formula is C12H17NO2. The van der Waals surface area contributed by atoms with E-state index in [9.17, 15) is 9.90 Å². The molecule has 0 saturated heterocycles. The quantitative estimate of drug-likeness (QED) is 0.786. The number of ketones is 1. The molecule has 0 aliphatic rings. The van der Waals surface area contributed by atoms with Gasteiger partial charge in [-0.3, -0.25) is 4.79 Å². The van der Waals surface area contributed by atoms with Crippen molar-refractivity contribution in [2.45, 2.75) is 26.3 Å². The van der Waals surface area contributed by atoms with E-state index in [-0.39, 0.29) is 23.5 Å². The maximum absolute atomic E-state index is 11.7. The van der Waals surface area contributed by atoms with Crippen LogP contribution in [0.2, 0.25) is 0 Å². The summed E-state index contributed by atoms with van der Waals surface area (Å²) in [6, 6.07) is 6.62. The molecule has 2 unspecified atom stereocenters. The smallest absolute Gasteiger partial charge is 0.141 e. The van der Waals surface area contributed by atoms with E-state index in [4.69, 9.17) is 5.73 Å². The number of carbonyl (C=O) groups excluding carboxylic acids is 1. The highest BCUT2D eigenvalue weighted by Crippen LogP contribution is 2.14. The van der Waals surface area contributed by atoms with Gasteiger partial charge in [0.1, 0.15) is 11.5 Å². The Morgan fingerprint density at radius 2 is 2.13 bits per heavy atom. The standard InChI is InChI=1S/C12H17NO2/c1-8(9(2)13)12(15)7-10-4-3-5-11(14)6-10/h3-6,8-9,14H,7,13H2,1-2H3. The number of phenolic OH excluding ortho intramolecular Hbond substituents is 1. The lowest BCUT2D eigenvalue weighted by Gasteiger charge is -2.13. The molecule has 0 heterocycles. The van der Waals surface area contributed by atoms with Gasteiger partial charge >= 0.3 is 0 Å². The largest absolute Gasteiger partial charge is 0.508 e. The van der Waals surface area contributed by atoms with Crippen LogP contribution >= 0.6 is 0 Å². The van der Waals surface area contributed by atoms with Crippen LogP contribution in [0.15, 0.2) is 24.3 Å². The normalized spacial score (nSPS) is 14.6. The van der Waals surface area contributed by atoms with Crippen molar-refractivity contribution in [2.75, 3.05) is 0 Å². The van der Waals surface area contributed by atoms with E-state index in [1.165, 1.54) is 0 Å². The number of benzene rings is 1. The van der Waals surface area contributed by atoms with Crippen LogP contribution in [-0.4, -0.2) is 16.9 Å². The Bertz CT molecular complexity index is 347. The lowest BCUT2D eigenvalue weighted by molar-refractivity contribution is -0.122. The van der Waals surface area contributed by atoms with Crippen molar-refractivity contribution >= 4 is 5.78 Å². The van der Waals surface area contributed by atoms with Gasteiger partial charge in [0, 0.05) is 18.4 Å². The summed E-state index contributed by atoms with van der Waals surface area (Å²) in [5, 5.41) is 9.24. The van der Waals surface area contributed by atoms with Gasteiger partial charge in [0.05, 0.1) is 0 Å². The van der Waals surface area contributed by atoms with E-state index in [0.29, 0.717) is 6.42 Å². The highest BCUT2D eigenvalue weighted by Gasteiger charge is 2.17. The summed E-state index contributed by atoms with van der Waals surface area (Å²) >= 11 is 0. The van der Waals surface area contributed by atoms with E-state index in [1.807, 2.05) is 19.9 Å². The van der Waals surface area contributed by atoms with Crippen LogP contribution in [0.5, 0.6) is 5.75 Å². The van der Waals surface area contributed by atoms with E-state index >= 15 is 0 Å². The van der Waals surface area contributed by atoms with Crippen LogP contribution in [0.25, 0.3) is 0 Å². The molecule has 1 rings (SSSR count). The Kier molecular flexibility index (Phi) is 3.86. The molecule has 0 bridgehead atoms. The zero-order valence-electron chi connectivity index (χ0n) is 9.10. The van der Waals surface area contributed by atoms with Crippen LogP contribution in [-0.2, 0) is 11.2 Å². The molecule has 0 fully saturated rings. The molecule has 1 aromatic carbocycles. The van der Waals surface area contributed by atoms with Gasteiger partial charge in [-0.1, -0.05) is 19.1 Å². The van der Waals surface area contributed by atoms with Crippen LogP contribution in [0, 0.1) is 5.92 Å². The second kappa shape index (κ2) is 4.94. The molecule has 3 heteroatoms. The third-order valence-corrected chi connectivity index (χ3v) is 2.59. The molecule has 0 aliphatic carbocycles. The number of phenols is 1. The molecule has 3 N–H and O–H groups in total. The summed E-state index contributed by atoms with van der Waals surface area (Å²) in [7, 11) is 0. The van der Waals surface area contributed by atoms with Crippen molar-refractivity contribution in [1.29, 1.82) is 0 Å². The monoisotopic (exact) mass is 207 g/mol. The Balaban J connectivity index is 2.66. The lowest BCUT2D eigenvalue weighted by Crippen LogP contribution is -2.31. The van der Waals surface area contributed by atoms with Gasteiger partial charge in [-0.2, -0.15) is 0 Å². The molecule has 0 radical (unpaired) electrons. The average molecular weight is 207 g/mol. The van der Waals surface area contributed by atoms with Gasteiger partial charge in [0.2, 0.25) is 0 Å². The van der Waals surface area contributed by atoms with Crippen LogP contribution < -0.4 is 5.73 Å². The number of hydrogen-bond donors (Lipinski definition) is 2. The second-order valence-electron chi connectivity index (χ2n) is 3.96. The molecule has 3 nitrogen and oxygen atoms in total. The zero-order valence-corrected chi connectivity index (χ0v) is 9.10. The first-order valence-corrected chi connectivity index (χ1v) is 5.07. The molecular weight excluding hydrogens is 190 g/mol. The number of nitrogens with two attached hydrogens (primary N) is 1. The highest BCUT2D eigenvalue weighted by atomic mass is 16.3. The first-order valence-electron chi connectivity index (χ1n) is 5.07. The Morgan fingerprint density at radius 1 is 1.47 bits per heavy atom. The van der Waals surface area contributed by atoms with Crippen molar-refractivity contribution in [3.63, 3.8) is 0 Å². The van der Waals surface area contributed by atoms with Crippen molar-refractivity contribution in [2.24, 2.45) is 11.7 Å². The summed E-state index contributed by atoms with van der Waals surface area (Å²) in [6.45, 7) is 3.65. The third-order valence-electron chi connectivity index (χ3n) is 2.59. The second-order valence-corrected chi connectivity index (χ2v) is 3.96. The topological polar surface area (TPSA) is 63.3 Å². The zero-order chi connectivity index (χ0) is 11.4. The van der Waals surface area contributed by atoms with Gasteiger partial charge < -0.3 is 10.8 Å². The first kappa shape index (κ1) is 11.7. The minimum atomic E-state index is -0.146. The summed E-state index contributed by atoms with van der Waals surface area (Å²) < 4.78 is 0. The predicted octanol–water partition coefficient (Wildman–Crippen LogP) is 1.49. The summed E-state index contributed by atoms with van der Waals surface area (Å²) in [5.74, 6) is 0.150. The predicted molar refractivity (Wildman–Crippen MR) is 59.6 cm³/mol. The maximum atomic E-state index is 11.7. The number of rotatable bonds is 4. The maximum Gasteiger partial charge on any atom is 0.141 e. The fraction of sp³-hybridized carbons (Fsp3) is 0.417. The van der Waals surface area contributed by atoms with Crippen molar-refractivity contribution in [3.8, 4) is 5.75 Å². The molecule has 0 spiro atoms. The van der Waals surface area contributed by atoms with Crippen LogP contribution in [0.4, 0.5) is 0 Å². The fourth-order valence-electron chi connectivity index (χ4n) is 1.32. The summed E-state index contributed by atoms with van der Waals surface area (Å²) in [4.78, 5) is 11.7. The van der Waals surface area contributed by atoms with Crippen molar-refractivity contribution in [3.05, 3.63) is 29.8 Å². The third kappa shape index (κ3) is 3.36. The number of hydrogen-bond acceptors (Lipinski definition) is 3. The van der Waals surface area contributed by atoms with Gasteiger partial charge in [0.15, 0.2) is 0 Å². The molecule has 0 aliphatic heterocycles. The Labute approximate surface area is 89.9 Å². The molecule has 2 atom stereocenters. The lowest BCUT2D eigenvalue weighted by atomic mass is 9.94. The van der Waals surface area contributed by atoms with Gasteiger partial charge in [0.25, 0.3) is 0 Å². The van der Waals surface area contributed by atoms with Gasteiger partial charge in [-0.05, 0) is 24.6 Å². The number of carbonyl (C=O) groups is 1. The van der Waals surface area contributed by atoms with Gasteiger partial charge in [-0.25, -0.2) is 0 Å². The fourth-order valence-corrected chi connectivity index (χ4v) is 1.32. The van der Waals surface area contributed by atoms with E-state index in [2.05, 4.69) is 0 Å². The summed E-state index contributed by atoms with van der Waals surface area (Å²) in [5.41, 5.74) is 6.48. The van der Waals surface area contributed by atoms with E-state index < -0.39 is 0 Å². The van der Waals surface area contributed by atoms with Crippen LogP contribution in [0.3, 0.4) is 0 Å². The number of Topliss-reactive ketones (excluding diaryl/α,β-unsaturated/α-hetero) is 1. The Morgan fingerprint density at radius 3 is 2.67 bits per heavy atom. The van der Waals surface area contributed by atoms with E-state index in [1.54, 1.807) is 18.2 Å². The molecule has 1 aromatic rings. The molecule has 0 amide bonds. The van der Waals surface area contributed by atoms with Crippen molar-refractivity contribution < 1.29 is 9.90 Å². The molecule has 82 valence electrons. The number of aromatic hydroxyl groups is 1. The van der Waals surface area contributed by atoms with Crippen LogP contribution in [0.1, 0.15) is 19.4 Å². The molecule has 0 aromatic heterocycles. The van der Waals surface area contributed by atoms with Gasteiger partial charge in [-0.15, -0.1) is 0 Å². The summed E-state index contributed by atoms with van der Waals surface area (Å²) in [6.07, 6.45) is 0.330. The van der Waals surface area contributed by atoms with E-state index in [0.717, 1.165) is 5.56 Å². The first-order chi connectivity index (χ1) is 7.00. The minimum absolute atomic E-state index is 0.107. The molecule has 0 saturated carbocycles. The SMILES string of the molecule is CC(N)C(C)C(=O)Cc1cccc(O)c1. The minimum Gasteiger partial charge on any atom is -0.508 e. The van der Waals surface area contributed by atoms with Crippen molar-refractivity contribution in [1.82, 2.24) is 0 Å². The highest BCUT2D eigenvalue weighted by molar-refractivity contribution is 5.83. The molecule has 15 heavy (non-hydrogen) atoms. The average Bonchev–Trinajstić information content (AvgIpc) is 2.16.